The standard InChI is InChI=1S/C46H29NOS/c1-2-10-30(11-3-1)31-20-24-34(25-21-31)47(41-16-8-12-33-28-40-37-13-4-6-17-42(37)48-43(40)29-39(33)41)35-26-22-32(23-27-35)36-15-9-19-45-46(36)38-14-5-7-18-44(38)49-45/h1-29H. The Balaban J connectivity index is 1.15. The first-order chi connectivity index (χ1) is 24.3. The molecule has 10 rings (SSSR count). The van der Waals surface area contributed by atoms with Crippen molar-refractivity contribution in [2.45, 2.75) is 0 Å². The van der Waals surface area contributed by atoms with Crippen molar-refractivity contribution in [2.24, 2.45) is 0 Å². The molecule has 0 saturated heterocycles. The van der Waals surface area contributed by atoms with Gasteiger partial charge in [0.05, 0.1) is 5.69 Å². The van der Waals surface area contributed by atoms with Gasteiger partial charge in [-0.25, -0.2) is 0 Å². The van der Waals surface area contributed by atoms with Crippen LogP contribution in [0.15, 0.2) is 180 Å². The number of para-hydroxylation sites is 1. The van der Waals surface area contributed by atoms with Gasteiger partial charge in [-0.2, -0.15) is 0 Å². The first-order valence-corrected chi connectivity index (χ1v) is 17.4. The molecule has 0 spiro atoms. The van der Waals surface area contributed by atoms with Crippen LogP contribution in [-0.4, -0.2) is 0 Å². The summed E-state index contributed by atoms with van der Waals surface area (Å²) < 4.78 is 9.01. The van der Waals surface area contributed by atoms with E-state index in [9.17, 15) is 0 Å². The lowest BCUT2D eigenvalue weighted by atomic mass is 9.98. The molecule has 0 fully saturated rings. The van der Waals surface area contributed by atoms with E-state index in [1.807, 2.05) is 23.5 Å². The molecule has 0 bridgehead atoms. The smallest absolute Gasteiger partial charge is 0.136 e. The lowest BCUT2D eigenvalue weighted by Crippen LogP contribution is -2.10. The third-order valence-corrected chi connectivity index (χ3v) is 10.8. The van der Waals surface area contributed by atoms with Crippen molar-refractivity contribution in [1.29, 1.82) is 0 Å². The average Bonchev–Trinajstić information content (AvgIpc) is 3.73. The molecule has 2 heterocycles. The van der Waals surface area contributed by atoms with Gasteiger partial charge in [-0.1, -0.05) is 115 Å². The maximum absolute atomic E-state index is 6.38. The van der Waals surface area contributed by atoms with E-state index in [-0.39, 0.29) is 0 Å². The monoisotopic (exact) mass is 643 g/mol. The van der Waals surface area contributed by atoms with Crippen molar-refractivity contribution in [1.82, 2.24) is 0 Å². The number of fused-ring (bicyclic) bond motifs is 7. The fourth-order valence-electron chi connectivity index (χ4n) is 7.34. The minimum absolute atomic E-state index is 0.895. The molecule has 49 heavy (non-hydrogen) atoms. The normalized spacial score (nSPS) is 11.7. The van der Waals surface area contributed by atoms with E-state index in [4.69, 9.17) is 4.42 Å². The summed E-state index contributed by atoms with van der Waals surface area (Å²) in [6.45, 7) is 0. The molecule has 0 atom stereocenters. The van der Waals surface area contributed by atoms with E-state index in [2.05, 4.69) is 169 Å². The predicted octanol–water partition coefficient (Wildman–Crippen LogP) is 13.9. The van der Waals surface area contributed by atoms with Gasteiger partial charge in [0.1, 0.15) is 11.2 Å². The van der Waals surface area contributed by atoms with Gasteiger partial charge in [-0.15, -0.1) is 11.3 Å². The van der Waals surface area contributed by atoms with Crippen LogP contribution in [0.3, 0.4) is 0 Å². The van der Waals surface area contributed by atoms with Gasteiger partial charge in [-0.05, 0) is 88.3 Å². The topological polar surface area (TPSA) is 16.4 Å². The lowest BCUT2D eigenvalue weighted by molar-refractivity contribution is 0.669. The van der Waals surface area contributed by atoms with Crippen molar-refractivity contribution in [3.8, 4) is 22.3 Å². The van der Waals surface area contributed by atoms with Gasteiger partial charge >= 0.3 is 0 Å². The molecular weight excluding hydrogens is 615 g/mol. The van der Waals surface area contributed by atoms with Crippen LogP contribution in [-0.2, 0) is 0 Å². The Bertz CT molecular complexity index is 2810. The molecule has 8 aromatic carbocycles. The van der Waals surface area contributed by atoms with E-state index >= 15 is 0 Å². The highest BCUT2D eigenvalue weighted by atomic mass is 32.1. The second-order valence-electron chi connectivity index (χ2n) is 12.5. The fourth-order valence-corrected chi connectivity index (χ4v) is 8.47. The third kappa shape index (κ3) is 4.62. The number of hydrogen-bond acceptors (Lipinski definition) is 3. The van der Waals surface area contributed by atoms with Gasteiger partial charge < -0.3 is 9.32 Å². The number of rotatable bonds is 5. The Hall–Kier alpha value is -6.16. The minimum Gasteiger partial charge on any atom is -0.456 e. The number of hydrogen-bond donors (Lipinski definition) is 0. The molecule has 0 N–H and O–H groups in total. The maximum atomic E-state index is 6.38. The molecular formula is C46H29NOS. The first-order valence-electron chi connectivity index (χ1n) is 16.6. The molecule has 10 aromatic rings. The van der Waals surface area contributed by atoms with Crippen LogP contribution in [0.25, 0.3) is 75.1 Å². The predicted molar refractivity (Wildman–Crippen MR) is 210 cm³/mol. The quantitative estimate of drug-likeness (QED) is 0.186. The number of furan rings is 1. The highest BCUT2D eigenvalue weighted by molar-refractivity contribution is 7.25. The molecule has 0 aliphatic carbocycles. The maximum Gasteiger partial charge on any atom is 0.136 e. The number of benzene rings is 8. The summed E-state index contributed by atoms with van der Waals surface area (Å²) in [6.07, 6.45) is 0. The van der Waals surface area contributed by atoms with Crippen molar-refractivity contribution in [2.75, 3.05) is 4.90 Å². The molecule has 0 radical (unpaired) electrons. The van der Waals surface area contributed by atoms with Crippen LogP contribution in [0.4, 0.5) is 17.1 Å². The second kappa shape index (κ2) is 11.2. The molecule has 230 valence electrons. The number of anilines is 3. The van der Waals surface area contributed by atoms with Crippen molar-refractivity contribution >= 4 is 81.3 Å². The molecule has 0 aliphatic heterocycles. The van der Waals surface area contributed by atoms with Crippen LogP contribution >= 0.6 is 11.3 Å². The van der Waals surface area contributed by atoms with Gasteiger partial charge in [0.25, 0.3) is 0 Å². The second-order valence-corrected chi connectivity index (χ2v) is 13.6. The Morgan fingerprint density at radius 1 is 0.408 bits per heavy atom. The molecule has 0 amide bonds. The van der Waals surface area contributed by atoms with Crippen molar-refractivity contribution in [3.63, 3.8) is 0 Å². The average molecular weight is 644 g/mol. The van der Waals surface area contributed by atoms with Crippen LogP contribution in [0, 0.1) is 0 Å². The molecule has 2 nitrogen and oxygen atoms in total. The van der Waals surface area contributed by atoms with Crippen LogP contribution in [0.1, 0.15) is 0 Å². The van der Waals surface area contributed by atoms with Crippen LogP contribution < -0.4 is 4.90 Å². The SMILES string of the molecule is c1ccc(-c2ccc(N(c3ccc(-c4cccc5sc6ccccc6c45)cc3)c3cccc4cc5c(cc34)oc3ccccc35)cc2)cc1. The molecule has 0 unspecified atom stereocenters. The van der Waals surface area contributed by atoms with Gasteiger partial charge in [0.15, 0.2) is 0 Å². The largest absolute Gasteiger partial charge is 0.456 e. The van der Waals surface area contributed by atoms with E-state index in [0.29, 0.717) is 0 Å². The van der Waals surface area contributed by atoms with Gasteiger partial charge in [-0.3, -0.25) is 0 Å². The first kappa shape index (κ1) is 27.9. The van der Waals surface area contributed by atoms with Gasteiger partial charge in [0, 0.05) is 47.7 Å². The fraction of sp³-hybridized carbons (Fsp3) is 0. The number of nitrogens with zero attached hydrogens (tertiary/aromatic N) is 1. The Morgan fingerprint density at radius 2 is 1.06 bits per heavy atom. The highest BCUT2D eigenvalue weighted by Gasteiger charge is 2.18. The minimum atomic E-state index is 0.895. The summed E-state index contributed by atoms with van der Waals surface area (Å²) in [4.78, 5) is 2.37. The molecule has 0 saturated carbocycles. The molecule has 3 heteroatoms. The van der Waals surface area contributed by atoms with Crippen molar-refractivity contribution in [3.05, 3.63) is 176 Å². The summed E-state index contributed by atoms with van der Waals surface area (Å²) in [5.74, 6) is 0. The zero-order chi connectivity index (χ0) is 32.3. The summed E-state index contributed by atoms with van der Waals surface area (Å²) in [6, 6.07) is 63.2. The zero-order valence-electron chi connectivity index (χ0n) is 26.5. The zero-order valence-corrected chi connectivity index (χ0v) is 27.3. The Labute approximate surface area is 287 Å². The van der Waals surface area contributed by atoms with Crippen molar-refractivity contribution < 1.29 is 4.42 Å². The van der Waals surface area contributed by atoms with E-state index < -0.39 is 0 Å². The molecule has 0 aliphatic rings. The Kier molecular flexibility index (Phi) is 6.39. The molecule has 2 aromatic heterocycles. The summed E-state index contributed by atoms with van der Waals surface area (Å²) in [5, 5.41) is 7.23. The number of thiophene rings is 1. The third-order valence-electron chi connectivity index (χ3n) is 9.67. The summed E-state index contributed by atoms with van der Waals surface area (Å²) in [5.41, 5.74) is 9.96. The highest BCUT2D eigenvalue weighted by Crippen LogP contribution is 2.44. The lowest BCUT2D eigenvalue weighted by Gasteiger charge is -2.27. The van der Waals surface area contributed by atoms with E-state index in [1.165, 1.54) is 47.8 Å². The summed E-state index contributed by atoms with van der Waals surface area (Å²) in [7, 11) is 0. The Morgan fingerprint density at radius 3 is 1.88 bits per heavy atom. The van der Waals surface area contributed by atoms with Crippen LogP contribution in [0.5, 0.6) is 0 Å². The van der Waals surface area contributed by atoms with E-state index in [1.54, 1.807) is 0 Å². The van der Waals surface area contributed by atoms with Gasteiger partial charge in [0.2, 0.25) is 0 Å². The van der Waals surface area contributed by atoms with E-state index in [0.717, 1.165) is 44.4 Å². The summed E-state index contributed by atoms with van der Waals surface area (Å²) >= 11 is 1.86. The van der Waals surface area contributed by atoms with Crippen LogP contribution in [0.2, 0.25) is 0 Å².